The number of methoxy groups -OCH3 is 2. The molecule has 1 amide bonds. The third-order valence-corrected chi connectivity index (χ3v) is 4.10. The Balaban J connectivity index is 2.41. The van der Waals surface area contributed by atoms with Crippen LogP contribution >= 0.6 is 0 Å². The van der Waals surface area contributed by atoms with E-state index >= 15 is 0 Å². The topological polar surface area (TPSA) is 89.8 Å². The van der Waals surface area contributed by atoms with Crippen LogP contribution in [0.25, 0.3) is 10.9 Å². The second-order valence-corrected chi connectivity index (χ2v) is 6.34. The summed E-state index contributed by atoms with van der Waals surface area (Å²) < 4.78 is 12.3. The molecule has 0 fully saturated rings. The van der Waals surface area contributed by atoms with Gasteiger partial charge in [-0.1, -0.05) is 13.8 Å². The number of amides is 1. The monoisotopic (exact) mass is 348 g/mol. The molecule has 136 valence electrons. The average Bonchev–Trinajstić information content (AvgIpc) is 2.89. The van der Waals surface area contributed by atoms with Crippen molar-refractivity contribution in [1.29, 1.82) is 0 Å². The molecule has 0 aliphatic carbocycles. The van der Waals surface area contributed by atoms with Crippen LogP contribution in [0.1, 0.15) is 30.8 Å². The second-order valence-electron chi connectivity index (χ2n) is 6.34. The van der Waals surface area contributed by atoms with Crippen LogP contribution in [0.3, 0.4) is 0 Å². The lowest BCUT2D eigenvalue weighted by Gasteiger charge is -2.16. The van der Waals surface area contributed by atoms with Gasteiger partial charge in [0.05, 0.1) is 19.7 Å². The fourth-order valence-electron chi connectivity index (χ4n) is 2.80. The van der Waals surface area contributed by atoms with Gasteiger partial charge in [-0.2, -0.15) is 0 Å². The summed E-state index contributed by atoms with van der Waals surface area (Å²) in [7, 11) is 4.85. The first kappa shape index (κ1) is 18.6. The Morgan fingerprint density at radius 1 is 1.20 bits per heavy atom. The highest BCUT2D eigenvalue weighted by Gasteiger charge is 2.24. The highest BCUT2D eigenvalue weighted by atomic mass is 16.5. The van der Waals surface area contributed by atoms with Gasteiger partial charge >= 0.3 is 5.97 Å². The number of ether oxygens (including phenoxy) is 2. The molecule has 0 unspecified atom stereocenters. The highest BCUT2D eigenvalue weighted by molar-refractivity contribution is 6.02. The number of carbonyl (C=O) groups is 2. The molecule has 7 heteroatoms. The summed E-state index contributed by atoms with van der Waals surface area (Å²) in [6, 6.07) is 4.30. The number of aliphatic carboxylic acids is 1. The van der Waals surface area contributed by atoms with Crippen LogP contribution in [0, 0.1) is 5.92 Å². The van der Waals surface area contributed by atoms with E-state index in [9.17, 15) is 14.7 Å². The summed E-state index contributed by atoms with van der Waals surface area (Å²) in [6.07, 6.45) is 0.363. The van der Waals surface area contributed by atoms with Crippen molar-refractivity contribution in [2.24, 2.45) is 13.0 Å². The Morgan fingerprint density at radius 3 is 2.40 bits per heavy atom. The van der Waals surface area contributed by atoms with E-state index in [1.807, 2.05) is 13.8 Å². The van der Waals surface area contributed by atoms with E-state index in [4.69, 9.17) is 9.47 Å². The number of rotatable bonds is 7. The zero-order valence-corrected chi connectivity index (χ0v) is 15.1. The Bertz CT molecular complexity index is 794. The fourth-order valence-corrected chi connectivity index (χ4v) is 2.80. The molecule has 1 aromatic carbocycles. The molecule has 25 heavy (non-hydrogen) atoms. The molecule has 0 saturated heterocycles. The first-order chi connectivity index (χ1) is 11.8. The highest BCUT2D eigenvalue weighted by Crippen LogP contribution is 2.33. The number of fused-ring (bicyclic) bond motifs is 1. The Hall–Kier alpha value is -2.70. The lowest BCUT2D eigenvalue weighted by atomic mass is 10.0. The van der Waals surface area contributed by atoms with Crippen molar-refractivity contribution in [3.8, 4) is 11.5 Å². The molecule has 0 bridgehead atoms. The van der Waals surface area contributed by atoms with Crippen LogP contribution in [0.2, 0.25) is 0 Å². The molecule has 0 radical (unpaired) electrons. The molecule has 0 saturated carbocycles. The first-order valence-corrected chi connectivity index (χ1v) is 8.03. The predicted octanol–water partition coefficient (Wildman–Crippen LogP) is 2.42. The molecule has 2 aromatic rings. The molecule has 7 nitrogen and oxygen atoms in total. The number of aromatic nitrogens is 1. The Kier molecular flexibility index (Phi) is 5.56. The number of carboxylic acids is 1. The van der Waals surface area contributed by atoms with Gasteiger partial charge in [0.2, 0.25) is 0 Å². The van der Waals surface area contributed by atoms with E-state index < -0.39 is 17.9 Å². The van der Waals surface area contributed by atoms with Gasteiger partial charge in [0.15, 0.2) is 0 Å². The predicted molar refractivity (Wildman–Crippen MR) is 94.4 cm³/mol. The van der Waals surface area contributed by atoms with Gasteiger partial charge in [-0.05, 0) is 18.4 Å². The standard InChI is InChI=1S/C18H24N2O5/c1-10(2)6-13(18(22)23)19-17(21)15-9-12-14(20(15)3)7-11(24-4)8-16(12)25-5/h7-10,13H,6H2,1-5H3,(H,19,21)(H,22,23)/t13-/m0/s1. The fraction of sp³-hybridized carbons (Fsp3) is 0.444. The number of nitrogens with one attached hydrogen (secondary N) is 1. The van der Waals surface area contributed by atoms with Gasteiger partial charge in [-0.3, -0.25) is 4.79 Å². The molecule has 1 aromatic heterocycles. The maximum absolute atomic E-state index is 12.6. The number of hydrogen-bond acceptors (Lipinski definition) is 4. The first-order valence-electron chi connectivity index (χ1n) is 8.03. The quantitative estimate of drug-likeness (QED) is 0.802. The SMILES string of the molecule is COc1cc(OC)c2cc(C(=O)N[C@@H](CC(C)C)C(=O)O)n(C)c2c1. The van der Waals surface area contributed by atoms with E-state index in [0.717, 1.165) is 10.9 Å². The van der Waals surface area contributed by atoms with Gasteiger partial charge in [-0.25, -0.2) is 4.79 Å². The number of benzene rings is 1. The third kappa shape index (κ3) is 3.87. The molecule has 0 spiro atoms. The van der Waals surface area contributed by atoms with E-state index in [1.165, 1.54) is 0 Å². The van der Waals surface area contributed by atoms with Crippen LogP contribution in [0.15, 0.2) is 18.2 Å². The van der Waals surface area contributed by atoms with Gasteiger partial charge < -0.3 is 24.5 Å². The molecule has 2 rings (SSSR count). The van der Waals surface area contributed by atoms with Crippen molar-refractivity contribution in [2.75, 3.05) is 14.2 Å². The number of aryl methyl sites for hydroxylation is 1. The molecule has 2 N–H and O–H groups in total. The lowest BCUT2D eigenvalue weighted by Crippen LogP contribution is -2.42. The summed E-state index contributed by atoms with van der Waals surface area (Å²) >= 11 is 0. The zero-order chi connectivity index (χ0) is 18.7. The average molecular weight is 348 g/mol. The minimum atomic E-state index is -1.04. The smallest absolute Gasteiger partial charge is 0.326 e. The van der Waals surface area contributed by atoms with Crippen LogP contribution < -0.4 is 14.8 Å². The van der Waals surface area contributed by atoms with Crippen LogP contribution in [0.5, 0.6) is 11.5 Å². The van der Waals surface area contributed by atoms with E-state index in [-0.39, 0.29) is 5.92 Å². The summed E-state index contributed by atoms with van der Waals surface area (Å²) in [5.74, 6) is -0.132. The summed E-state index contributed by atoms with van der Waals surface area (Å²) in [4.78, 5) is 24.0. The van der Waals surface area contributed by atoms with Gasteiger partial charge in [0.25, 0.3) is 5.91 Å². The second kappa shape index (κ2) is 7.46. The van der Waals surface area contributed by atoms with Crippen molar-refractivity contribution in [2.45, 2.75) is 26.3 Å². The maximum Gasteiger partial charge on any atom is 0.326 e. The normalized spacial score (nSPS) is 12.2. The van der Waals surface area contributed by atoms with E-state index in [2.05, 4.69) is 5.32 Å². The number of carboxylic acid groups (broad SMARTS) is 1. The molecule has 0 aliphatic heterocycles. The van der Waals surface area contributed by atoms with E-state index in [1.54, 1.807) is 44.0 Å². The molecule has 0 aliphatic rings. The Morgan fingerprint density at radius 2 is 1.88 bits per heavy atom. The zero-order valence-electron chi connectivity index (χ0n) is 15.1. The molecule has 1 heterocycles. The lowest BCUT2D eigenvalue weighted by molar-refractivity contribution is -0.139. The van der Waals surface area contributed by atoms with E-state index in [0.29, 0.717) is 23.6 Å². The van der Waals surface area contributed by atoms with Crippen molar-refractivity contribution in [3.63, 3.8) is 0 Å². The number of carbonyl (C=O) groups excluding carboxylic acids is 1. The summed E-state index contributed by atoms with van der Waals surface area (Å²) in [5, 5.41) is 12.7. The third-order valence-electron chi connectivity index (χ3n) is 4.10. The van der Waals surface area contributed by atoms with Crippen molar-refractivity contribution in [1.82, 2.24) is 9.88 Å². The molecule has 1 atom stereocenters. The number of nitrogens with zero attached hydrogens (tertiary/aromatic N) is 1. The van der Waals surface area contributed by atoms with Crippen molar-refractivity contribution >= 4 is 22.8 Å². The minimum Gasteiger partial charge on any atom is -0.497 e. The summed E-state index contributed by atoms with van der Waals surface area (Å²) in [5.41, 5.74) is 1.12. The van der Waals surface area contributed by atoms with Crippen molar-refractivity contribution in [3.05, 3.63) is 23.9 Å². The van der Waals surface area contributed by atoms with Crippen LogP contribution in [-0.4, -0.2) is 41.8 Å². The van der Waals surface area contributed by atoms with Crippen LogP contribution in [0.4, 0.5) is 0 Å². The van der Waals surface area contributed by atoms with Crippen LogP contribution in [-0.2, 0) is 11.8 Å². The largest absolute Gasteiger partial charge is 0.497 e. The minimum absolute atomic E-state index is 0.151. The van der Waals surface area contributed by atoms with Crippen molar-refractivity contribution < 1.29 is 24.2 Å². The number of hydrogen-bond donors (Lipinski definition) is 2. The summed E-state index contributed by atoms with van der Waals surface area (Å²) in [6.45, 7) is 3.83. The molecular weight excluding hydrogens is 324 g/mol. The Labute approximate surface area is 146 Å². The van der Waals surface area contributed by atoms with Gasteiger partial charge in [-0.15, -0.1) is 0 Å². The molecular formula is C18H24N2O5. The van der Waals surface area contributed by atoms with Gasteiger partial charge in [0, 0.05) is 24.6 Å². The maximum atomic E-state index is 12.6. The van der Waals surface area contributed by atoms with Gasteiger partial charge in [0.1, 0.15) is 23.2 Å².